The van der Waals surface area contributed by atoms with Gasteiger partial charge in [-0.2, -0.15) is 0 Å². The Morgan fingerprint density at radius 3 is 2.40 bits per heavy atom. The fraction of sp³-hybridized carbons (Fsp3) is 0.261. The van der Waals surface area contributed by atoms with Crippen LogP contribution in [0.3, 0.4) is 0 Å². The number of benzene rings is 3. The minimum Gasteiger partial charge on any atom is -0.367 e. The number of anilines is 1. The summed E-state index contributed by atoms with van der Waals surface area (Å²) in [4.78, 5) is 7.27. The summed E-state index contributed by atoms with van der Waals surface area (Å²) in [6, 6.07) is 17.0. The van der Waals surface area contributed by atoms with Gasteiger partial charge < -0.3 is 10.2 Å². The summed E-state index contributed by atoms with van der Waals surface area (Å²) in [5.74, 6) is 0.470. The lowest BCUT2D eigenvalue weighted by molar-refractivity contribution is 0.588. The van der Waals surface area contributed by atoms with E-state index in [2.05, 4.69) is 10.2 Å². The smallest absolute Gasteiger partial charge is 0.270 e. The van der Waals surface area contributed by atoms with Crippen LogP contribution >= 0.6 is 0 Å². The topological polar surface area (TPSA) is 67.2 Å². The minimum atomic E-state index is -3.82. The van der Waals surface area contributed by atoms with Crippen LogP contribution in [0.5, 0.6) is 0 Å². The predicted octanol–water partition coefficient (Wildman–Crippen LogP) is 3.45. The first kappa shape index (κ1) is 19.1. The quantitative estimate of drug-likeness (QED) is 0.550. The molecule has 0 atom stereocenters. The average Bonchev–Trinajstić information content (AvgIpc) is 3.11. The van der Waals surface area contributed by atoms with E-state index in [0.717, 1.165) is 53.7 Å². The molecule has 0 bridgehead atoms. The van der Waals surface area contributed by atoms with Crippen LogP contribution in [0.2, 0.25) is 0 Å². The van der Waals surface area contributed by atoms with Gasteiger partial charge in [0, 0.05) is 31.6 Å². The number of hydrogen-bond donors (Lipinski definition) is 1. The molecule has 2 heterocycles. The van der Waals surface area contributed by atoms with E-state index in [0.29, 0.717) is 16.2 Å². The molecular weight excluding hydrogens is 396 g/mol. The lowest BCUT2D eigenvalue weighted by Gasteiger charge is -2.29. The van der Waals surface area contributed by atoms with Crippen LogP contribution in [0.4, 0.5) is 5.69 Å². The number of hydrogen-bond acceptors (Lipinski definition) is 5. The molecule has 30 heavy (non-hydrogen) atoms. The first-order chi connectivity index (χ1) is 14.5. The first-order valence-corrected chi connectivity index (χ1v) is 11.6. The van der Waals surface area contributed by atoms with E-state index in [1.54, 1.807) is 13.0 Å². The van der Waals surface area contributed by atoms with Gasteiger partial charge in [0.15, 0.2) is 0 Å². The average molecular weight is 421 g/mol. The van der Waals surface area contributed by atoms with Gasteiger partial charge in [0.2, 0.25) is 0 Å². The van der Waals surface area contributed by atoms with Crippen LogP contribution in [0, 0.1) is 13.8 Å². The van der Waals surface area contributed by atoms with Crippen molar-refractivity contribution in [3.8, 4) is 0 Å². The van der Waals surface area contributed by atoms with Crippen molar-refractivity contribution >= 4 is 37.5 Å². The van der Waals surface area contributed by atoms with Gasteiger partial charge in [0.05, 0.1) is 16.1 Å². The van der Waals surface area contributed by atoms with Crippen molar-refractivity contribution in [2.24, 2.45) is 0 Å². The van der Waals surface area contributed by atoms with Gasteiger partial charge in [-0.05, 0) is 43.0 Å². The maximum Gasteiger partial charge on any atom is 0.270 e. The Bertz CT molecular complexity index is 1370. The van der Waals surface area contributed by atoms with Crippen LogP contribution in [0.15, 0.2) is 59.5 Å². The van der Waals surface area contributed by atoms with Gasteiger partial charge in [0.1, 0.15) is 11.3 Å². The second-order valence-electron chi connectivity index (χ2n) is 7.74. The molecule has 1 N–H and O–H groups in total. The summed E-state index contributed by atoms with van der Waals surface area (Å²) in [5.41, 5.74) is 3.39. The number of nitrogens with one attached hydrogen (secondary N) is 1. The highest BCUT2D eigenvalue weighted by atomic mass is 32.2. The maximum absolute atomic E-state index is 13.8. The molecule has 154 valence electrons. The summed E-state index contributed by atoms with van der Waals surface area (Å²) in [5, 5.41) is 5.03. The summed E-state index contributed by atoms with van der Waals surface area (Å²) < 4.78 is 29.1. The molecule has 1 aromatic heterocycles. The van der Waals surface area contributed by atoms with Gasteiger partial charge in [0.25, 0.3) is 10.0 Å². The van der Waals surface area contributed by atoms with Crippen LogP contribution < -0.4 is 10.2 Å². The number of fused-ring (bicyclic) bond motifs is 2. The highest BCUT2D eigenvalue weighted by molar-refractivity contribution is 7.90. The van der Waals surface area contributed by atoms with Crippen LogP contribution in [-0.4, -0.2) is 43.6 Å². The van der Waals surface area contributed by atoms with Gasteiger partial charge in [-0.1, -0.05) is 36.4 Å². The third-order valence-corrected chi connectivity index (χ3v) is 7.71. The number of aryl methyl sites for hydroxylation is 2. The molecule has 0 amide bonds. The summed E-state index contributed by atoms with van der Waals surface area (Å²) >= 11 is 0. The van der Waals surface area contributed by atoms with E-state index >= 15 is 0 Å². The minimum absolute atomic E-state index is 0.304. The Labute approximate surface area is 176 Å². The lowest BCUT2D eigenvalue weighted by atomic mass is 10.1. The number of nitrogens with zero attached hydrogens (tertiary/aromatic N) is 3. The van der Waals surface area contributed by atoms with E-state index in [-0.39, 0.29) is 0 Å². The fourth-order valence-electron chi connectivity index (χ4n) is 4.39. The van der Waals surface area contributed by atoms with E-state index in [9.17, 15) is 8.42 Å². The molecule has 0 saturated carbocycles. The lowest BCUT2D eigenvalue weighted by Crippen LogP contribution is -2.43. The molecule has 0 unspecified atom stereocenters. The Hall–Kier alpha value is -2.90. The Balaban J connectivity index is 1.74. The highest BCUT2D eigenvalue weighted by Crippen LogP contribution is 2.33. The van der Waals surface area contributed by atoms with E-state index in [4.69, 9.17) is 4.98 Å². The van der Waals surface area contributed by atoms with Crippen LogP contribution in [0.1, 0.15) is 11.4 Å². The Kier molecular flexibility index (Phi) is 4.52. The standard InChI is InChI=1S/C23H24N4O2S/c1-16-10-11-22(19-7-4-3-6-18(16)19)30(28,29)27-17(2)25-23-20(8-5-9-21(23)27)26-14-12-24-13-15-26/h3-11,24H,12-15H2,1-2H3. The Morgan fingerprint density at radius 2 is 1.63 bits per heavy atom. The van der Waals surface area contributed by atoms with Crippen molar-refractivity contribution in [1.82, 2.24) is 14.3 Å². The molecule has 7 heteroatoms. The van der Waals surface area contributed by atoms with Crippen molar-refractivity contribution in [3.05, 3.63) is 66.0 Å². The largest absolute Gasteiger partial charge is 0.367 e. The molecule has 1 aliphatic heterocycles. The zero-order valence-corrected chi connectivity index (χ0v) is 17.9. The molecule has 5 rings (SSSR count). The first-order valence-electron chi connectivity index (χ1n) is 10.2. The third-order valence-electron chi connectivity index (χ3n) is 5.86. The molecule has 0 aliphatic carbocycles. The SMILES string of the molecule is Cc1ccc(S(=O)(=O)n2c(C)nc3c(N4CCNCC4)cccc32)c2ccccc12. The third kappa shape index (κ3) is 2.88. The molecule has 0 spiro atoms. The van der Waals surface area contributed by atoms with Crippen molar-refractivity contribution in [1.29, 1.82) is 0 Å². The second kappa shape index (κ2) is 7.11. The molecular formula is C23H24N4O2S. The van der Waals surface area contributed by atoms with Crippen LogP contribution in [-0.2, 0) is 10.0 Å². The Morgan fingerprint density at radius 1 is 0.900 bits per heavy atom. The van der Waals surface area contributed by atoms with Crippen molar-refractivity contribution < 1.29 is 8.42 Å². The van der Waals surface area contributed by atoms with Gasteiger partial charge in [-0.15, -0.1) is 0 Å². The maximum atomic E-state index is 13.8. The number of para-hydroxylation sites is 1. The summed E-state index contributed by atoms with van der Waals surface area (Å²) in [6.45, 7) is 7.32. The number of piperazine rings is 1. The fourth-order valence-corrected chi connectivity index (χ4v) is 6.08. The predicted molar refractivity (Wildman–Crippen MR) is 121 cm³/mol. The molecule has 1 saturated heterocycles. The summed E-state index contributed by atoms with van der Waals surface area (Å²) in [6.07, 6.45) is 0. The van der Waals surface area contributed by atoms with Crippen molar-refractivity contribution in [3.63, 3.8) is 0 Å². The van der Waals surface area contributed by atoms with E-state index in [1.165, 1.54) is 3.97 Å². The van der Waals surface area contributed by atoms with Gasteiger partial charge in [-0.3, -0.25) is 0 Å². The molecule has 1 fully saturated rings. The highest BCUT2D eigenvalue weighted by Gasteiger charge is 2.26. The molecule has 6 nitrogen and oxygen atoms in total. The molecule has 0 radical (unpaired) electrons. The van der Waals surface area contributed by atoms with E-state index in [1.807, 2.05) is 55.5 Å². The van der Waals surface area contributed by atoms with Gasteiger partial charge >= 0.3 is 0 Å². The monoisotopic (exact) mass is 420 g/mol. The zero-order chi connectivity index (χ0) is 20.9. The molecule has 4 aromatic rings. The zero-order valence-electron chi connectivity index (χ0n) is 17.1. The molecule has 1 aliphatic rings. The second-order valence-corrected chi connectivity index (χ2v) is 9.49. The number of rotatable bonds is 3. The normalized spacial score (nSPS) is 15.2. The molecule has 3 aromatic carbocycles. The summed E-state index contributed by atoms with van der Waals surface area (Å²) in [7, 11) is -3.82. The number of imidazole rings is 1. The van der Waals surface area contributed by atoms with Gasteiger partial charge in [-0.25, -0.2) is 17.4 Å². The number of aromatic nitrogens is 2. The van der Waals surface area contributed by atoms with Crippen LogP contribution in [0.25, 0.3) is 21.8 Å². The van der Waals surface area contributed by atoms with Crippen molar-refractivity contribution in [2.75, 3.05) is 31.1 Å². The van der Waals surface area contributed by atoms with Crippen molar-refractivity contribution in [2.45, 2.75) is 18.7 Å². The van der Waals surface area contributed by atoms with E-state index < -0.39 is 10.0 Å².